The van der Waals surface area contributed by atoms with Crippen molar-refractivity contribution in [3.8, 4) is 0 Å². The van der Waals surface area contributed by atoms with Crippen LogP contribution in [0.15, 0.2) is 79.1 Å². The number of benzene rings is 3. The Morgan fingerprint density at radius 2 is 1.67 bits per heavy atom. The van der Waals surface area contributed by atoms with Crippen molar-refractivity contribution in [3.05, 3.63) is 124 Å². The van der Waals surface area contributed by atoms with Crippen LogP contribution in [-0.4, -0.2) is 59.4 Å². The molecule has 0 saturated carbocycles. The maximum Gasteiger partial charge on any atom is 0.407 e. The Morgan fingerprint density at radius 3 is 2.31 bits per heavy atom. The fourth-order valence-electron chi connectivity index (χ4n) is 6.12. The zero-order chi connectivity index (χ0) is 34.5. The molecule has 12 heteroatoms. The number of alkyl carbamates (subject to hydrolysis) is 1. The van der Waals surface area contributed by atoms with Crippen molar-refractivity contribution >= 4 is 28.7 Å². The van der Waals surface area contributed by atoms with Gasteiger partial charge in [-0.05, 0) is 97.0 Å². The molecule has 1 aliphatic heterocycles. The summed E-state index contributed by atoms with van der Waals surface area (Å²) in [5.74, 6) is -1.46. The standard InChI is InChI=1S/C37H38F2N6O4/c1-21-16-29-30(17-22(21)2)43-35(42-29)32-20-49-28(18-41-32)13-8-23-14-15-40-19-31(23)44-36(46)34(45-37(47)48-3)33(24-4-9-26(38)10-5-24)25-6-11-27(39)12-7-25/h4-7,9-12,14-17,19,28,32-34,41H,8,13,18,20H2,1-3H3,(H,42,43)(H,44,46)(H,45,47)/t28-,32+,34+/m1/s1. The van der Waals surface area contributed by atoms with E-state index in [0.29, 0.717) is 42.8 Å². The van der Waals surface area contributed by atoms with E-state index in [2.05, 4.69) is 51.9 Å². The molecule has 0 spiro atoms. The summed E-state index contributed by atoms with van der Waals surface area (Å²) >= 11 is 0. The van der Waals surface area contributed by atoms with Crippen LogP contribution in [-0.2, 0) is 20.7 Å². The smallest absolute Gasteiger partial charge is 0.407 e. The number of rotatable bonds is 10. The van der Waals surface area contributed by atoms with E-state index in [0.717, 1.165) is 22.4 Å². The number of carbonyl (C=O) groups excluding carboxylic acids is 2. The molecule has 1 aliphatic rings. The van der Waals surface area contributed by atoms with Gasteiger partial charge in [0.1, 0.15) is 23.5 Å². The number of imidazole rings is 1. The molecular formula is C37H38F2N6O4. The number of halogens is 2. The summed E-state index contributed by atoms with van der Waals surface area (Å²) in [6.45, 7) is 5.23. The molecule has 0 bridgehead atoms. The molecule has 1 saturated heterocycles. The van der Waals surface area contributed by atoms with Crippen molar-refractivity contribution in [2.24, 2.45) is 0 Å². The van der Waals surface area contributed by atoms with Gasteiger partial charge in [-0.2, -0.15) is 0 Å². The first kappa shape index (κ1) is 33.7. The SMILES string of the molecule is COC(=O)N[C@H](C(=O)Nc1cnccc1CC[C@@H]1CN[C@H](c2nc3cc(C)c(C)cc3[nH]2)CO1)C(c1ccc(F)cc1)c1ccc(F)cc1. The fraction of sp³-hybridized carbons (Fsp3) is 0.297. The van der Waals surface area contributed by atoms with Crippen molar-refractivity contribution < 1.29 is 27.8 Å². The number of hydrogen-bond donors (Lipinski definition) is 4. The normalized spacial score (nSPS) is 16.8. The second kappa shape index (κ2) is 14.9. The van der Waals surface area contributed by atoms with Crippen LogP contribution in [0.1, 0.15) is 52.0 Å². The highest BCUT2D eigenvalue weighted by Gasteiger charge is 2.34. The zero-order valence-corrected chi connectivity index (χ0v) is 27.4. The van der Waals surface area contributed by atoms with E-state index in [1.54, 1.807) is 12.4 Å². The van der Waals surface area contributed by atoms with E-state index in [-0.39, 0.29) is 12.1 Å². The predicted octanol–water partition coefficient (Wildman–Crippen LogP) is 6.01. The number of hydrogen-bond acceptors (Lipinski definition) is 7. The van der Waals surface area contributed by atoms with Crippen molar-refractivity contribution in [2.75, 3.05) is 25.6 Å². The maximum absolute atomic E-state index is 14.0. The molecule has 2 aromatic heterocycles. The highest BCUT2D eigenvalue weighted by Crippen LogP contribution is 2.31. The van der Waals surface area contributed by atoms with E-state index in [1.165, 1.54) is 66.8 Å². The summed E-state index contributed by atoms with van der Waals surface area (Å²) in [5, 5.41) is 9.11. The van der Waals surface area contributed by atoms with Gasteiger partial charge in [0.2, 0.25) is 5.91 Å². The fourth-order valence-corrected chi connectivity index (χ4v) is 6.12. The number of carbonyl (C=O) groups is 2. The number of fused-ring (bicyclic) bond motifs is 1. The molecule has 3 heterocycles. The van der Waals surface area contributed by atoms with Crippen LogP contribution >= 0.6 is 0 Å². The Morgan fingerprint density at radius 1 is 1.00 bits per heavy atom. The third-order valence-electron chi connectivity index (χ3n) is 8.97. The summed E-state index contributed by atoms with van der Waals surface area (Å²) in [6, 6.07) is 15.9. The summed E-state index contributed by atoms with van der Waals surface area (Å²) < 4.78 is 38.8. The van der Waals surface area contributed by atoms with Crippen molar-refractivity contribution in [1.29, 1.82) is 0 Å². The Kier molecular flexibility index (Phi) is 10.3. The lowest BCUT2D eigenvalue weighted by Gasteiger charge is -2.30. The molecular weight excluding hydrogens is 630 g/mol. The second-order valence-electron chi connectivity index (χ2n) is 12.2. The molecule has 1 fully saturated rings. The van der Waals surface area contributed by atoms with Crippen molar-refractivity contribution in [3.63, 3.8) is 0 Å². The molecule has 0 radical (unpaired) electrons. The van der Waals surface area contributed by atoms with Crippen LogP contribution < -0.4 is 16.0 Å². The molecule has 10 nitrogen and oxygen atoms in total. The molecule has 0 unspecified atom stereocenters. The average molecular weight is 669 g/mol. The quantitative estimate of drug-likeness (QED) is 0.143. The van der Waals surface area contributed by atoms with Gasteiger partial charge in [-0.25, -0.2) is 18.6 Å². The number of aryl methyl sites for hydroxylation is 3. The van der Waals surface area contributed by atoms with Gasteiger partial charge < -0.3 is 30.4 Å². The minimum Gasteiger partial charge on any atom is -0.453 e. The third-order valence-corrected chi connectivity index (χ3v) is 8.97. The second-order valence-corrected chi connectivity index (χ2v) is 12.2. The van der Waals surface area contributed by atoms with Gasteiger partial charge in [-0.15, -0.1) is 0 Å². The van der Waals surface area contributed by atoms with Crippen LogP contribution in [0.2, 0.25) is 0 Å². The highest BCUT2D eigenvalue weighted by atomic mass is 19.1. The summed E-state index contributed by atoms with van der Waals surface area (Å²) in [7, 11) is 1.19. The van der Waals surface area contributed by atoms with Gasteiger partial charge in [-0.3, -0.25) is 9.78 Å². The van der Waals surface area contributed by atoms with Gasteiger partial charge in [-0.1, -0.05) is 24.3 Å². The molecule has 5 aromatic rings. The summed E-state index contributed by atoms with van der Waals surface area (Å²) in [5.41, 5.74) is 6.69. The summed E-state index contributed by atoms with van der Waals surface area (Å²) in [6.07, 6.45) is 3.53. The maximum atomic E-state index is 14.0. The monoisotopic (exact) mass is 668 g/mol. The lowest BCUT2D eigenvalue weighted by molar-refractivity contribution is -0.118. The number of anilines is 1. The Labute approximate surface area is 282 Å². The number of pyridine rings is 1. The van der Waals surface area contributed by atoms with E-state index in [1.807, 2.05) is 6.07 Å². The molecule has 3 atom stereocenters. The lowest BCUT2D eigenvalue weighted by atomic mass is 9.84. The lowest BCUT2D eigenvalue weighted by Crippen LogP contribution is -2.48. The molecule has 3 aromatic carbocycles. The molecule has 49 heavy (non-hydrogen) atoms. The van der Waals surface area contributed by atoms with Crippen molar-refractivity contribution in [1.82, 2.24) is 25.6 Å². The Hall–Kier alpha value is -5.20. The molecule has 254 valence electrons. The topological polar surface area (TPSA) is 130 Å². The number of aromatic amines is 1. The van der Waals surface area contributed by atoms with Crippen LogP contribution in [0.3, 0.4) is 0 Å². The van der Waals surface area contributed by atoms with Gasteiger partial charge in [0.15, 0.2) is 0 Å². The molecule has 0 aliphatic carbocycles. The average Bonchev–Trinajstić information content (AvgIpc) is 3.51. The first-order valence-electron chi connectivity index (χ1n) is 16.1. The molecule has 6 rings (SSSR count). The number of methoxy groups -OCH3 is 1. The van der Waals surface area contributed by atoms with Crippen LogP contribution in [0.5, 0.6) is 0 Å². The Balaban J connectivity index is 1.15. The van der Waals surface area contributed by atoms with E-state index in [9.17, 15) is 18.4 Å². The number of H-pyrrole nitrogens is 1. The number of ether oxygens (including phenoxy) is 2. The van der Waals surface area contributed by atoms with Crippen molar-refractivity contribution in [2.45, 2.75) is 50.8 Å². The largest absolute Gasteiger partial charge is 0.453 e. The molecule has 2 amide bonds. The van der Waals surface area contributed by atoms with Gasteiger partial charge in [0.25, 0.3) is 0 Å². The van der Waals surface area contributed by atoms with E-state index < -0.39 is 35.6 Å². The van der Waals surface area contributed by atoms with E-state index in [4.69, 9.17) is 14.5 Å². The highest BCUT2D eigenvalue weighted by molar-refractivity contribution is 5.98. The first-order valence-corrected chi connectivity index (χ1v) is 16.1. The third kappa shape index (κ3) is 7.93. The van der Waals surface area contributed by atoms with Crippen LogP contribution in [0, 0.1) is 25.5 Å². The first-order chi connectivity index (χ1) is 23.7. The minimum atomic E-state index is -1.22. The minimum absolute atomic E-state index is 0.0607. The predicted molar refractivity (Wildman–Crippen MR) is 181 cm³/mol. The Bertz CT molecular complexity index is 1840. The number of amides is 2. The van der Waals surface area contributed by atoms with Gasteiger partial charge >= 0.3 is 6.09 Å². The van der Waals surface area contributed by atoms with Crippen LogP contribution in [0.4, 0.5) is 19.3 Å². The van der Waals surface area contributed by atoms with Gasteiger partial charge in [0, 0.05) is 18.7 Å². The number of aromatic nitrogens is 3. The van der Waals surface area contributed by atoms with E-state index >= 15 is 0 Å². The number of morpholine rings is 1. The van der Waals surface area contributed by atoms with Crippen LogP contribution in [0.25, 0.3) is 11.0 Å². The zero-order valence-electron chi connectivity index (χ0n) is 27.4. The van der Waals surface area contributed by atoms with Gasteiger partial charge in [0.05, 0.1) is 48.8 Å². The molecule has 4 N–H and O–H groups in total. The number of nitrogens with one attached hydrogen (secondary N) is 4. The summed E-state index contributed by atoms with van der Waals surface area (Å²) in [4.78, 5) is 38.9. The number of nitrogens with zero attached hydrogens (tertiary/aromatic N) is 2.